The largest absolute Gasteiger partial charge is 0.352 e. The Balaban J connectivity index is 1.71. The lowest BCUT2D eigenvalue weighted by molar-refractivity contribution is -0.153. The number of nitrogens with one attached hydrogen (secondary N) is 3. The summed E-state index contributed by atoms with van der Waals surface area (Å²) in [5.41, 5.74) is 0. The van der Waals surface area contributed by atoms with Crippen molar-refractivity contribution >= 4 is 41.0 Å². The average molecular weight is 393 g/mol. The number of urea groups is 1. The van der Waals surface area contributed by atoms with Gasteiger partial charge in [0.25, 0.3) is 0 Å². The predicted octanol–water partition coefficient (Wildman–Crippen LogP) is -1.20. The molecule has 0 spiro atoms. The highest BCUT2D eigenvalue weighted by Gasteiger charge is 2.38. The van der Waals surface area contributed by atoms with E-state index in [1.54, 1.807) is 24.4 Å². The molecule has 1 aromatic heterocycles. The molecule has 2 aliphatic heterocycles. The molecule has 0 bridgehead atoms. The number of rotatable bonds is 5. The third kappa shape index (κ3) is 3.77. The number of imide groups is 1. The molecular formula is C16H19N5O5S. The lowest BCUT2D eigenvalue weighted by Gasteiger charge is -2.33. The topological polar surface area (TPSA) is 128 Å². The van der Waals surface area contributed by atoms with E-state index in [1.807, 2.05) is 0 Å². The van der Waals surface area contributed by atoms with Gasteiger partial charge in [-0.3, -0.25) is 24.1 Å². The number of hydrogen-bond donors (Lipinski definition) is 3. The molecule has 1 aromatic rings. The van der Waals surface area contributed by atoms with Gasteiger partial charge in [0.15, 0.2) is 0 Å². The standard InChI is InChI=1S/C16H19N5O5S/c1-2-20-5-6-21(15(25)14(20)24)16(26)19-11(10-4-3-7-27-10)13(23)18-9-8-17-12(9)22/h3-4,7,9,11H,2,5-6,8H2,1H3,(H,17,22)(H,18,23)(H,19,26)/t9-,11?/m1/s1. The lowest BCUT2D eigenvalue weighted by atomic mass is 10.1. The Hall–Kier alpha value is -2.95. The maximum atomic E-state index is 12.6. The molecule has 10 nitrogen and oxygen atoms in total. The number of carbonyl (C=O) groups is 5. The first-order valence-corrected chi connectivity index (χ1v) is 9.33. The van der Waals surface area contributed by atoms with E-state index in [1.165, 1.54) is 16.2 Å². The monoisotopic (exact) mass is 393 g/mol. The molecule has 2 fully saturated rings. The second kappa shape index (κ2) is 7.74. The van der Waals surface area contributed by atoms with Gasteiger partial charge in [-0.05, 0) is 18.4 Å². The van der Waals surface area contributed by atoms with Crippen LogP contribution in [0.15, 0.2) is 17.5 Å². The summed E-state index contributed by atoms with van der Waals surface area (Å²) in [6.45, 7) is 2.74. The molecule has 2 atom stereocenters. The van der Waals surface area contributed by atoms with Crippen molar-refractivity contribution in [1.82, 2.24) is 25.8 Å². The number of carbonyl (C=O) groups excluding carboxylic acids is 5. The van der Waals surface area contributed by atoms with E-state index in [2.05, 4.69) is 16.0 Å². The quantitative estimate of drug-likeness (QED) is 0.428. The van der Waals surface area contributed by atoms with E-state index in [0.29, 0.717) is 18.0 Å². The fourth-order valence-corrected chi connectivity index (χ4v) is 3.53. The minimum atomic E-state index is -1.07. The Morgan fingerprint density at radius 2 is 2.07 bits per heavy atom. The zero-order valence-corrected chi connectivity index (χ0v) is 15.4. The molecule has 3 heterocycles. The maximum absolute atomic E-state index is 12.6. The first kappa shape index (κ1) is 18.8. The Kier molecular flexibility index (Phi) is 5.40. The van der Waals surface area contributed by atoms with Crippen molar-refractivity contribution in [3.8, 4) is 0 Å². The SMILES string of the molecule is CCN1CCN(C(=O)NC(C(=O)N[C@@H]2CNC2=O)c2cccs2)C(=O)C1=O. The van der Waals surface area contributed by atoms with Crippen LogP contribution in [0.5, 0.6) is 0 Å². The average Bonchev–Trinajstić information content (AvgIpc) is 3.19. The smallest absolute Gasteiger partial charge is 0.325 e. The molecule has 2 saturated heterocycles. The second-order valence-electron chi connectivity index (χ2n) is 6.05. The van der Waals surface area contributed by atoms with Crippen molar-refractivity contribution in [3.63, 3.8) is 0 Å². The van der Waals surface area contributed by atoms with E-state index in [0.717, 1.165) is 4.90 Å². The van der Waals surface area contributed by atoms with Crippen molar-refractivity contribution in [2.24, 2.45) is 0 Å². The molecule has 27 heavy (non-hydrogen) atoms. The molecule has 0 saturated carbocycles. The molecule has 0 aliphatic carbocycles. The van der Waals surface area contributed by atoms with Gasteiger partial charge in [-0.25, -0.2) is 4.79 Å². The van der Waals surface area contributed by atoms with Crippen molar-refractivity contribution in [1.29, 1.82) is 0 Å². The summed E-state index contributed by atoms with van der Waals surface area (Å²) in [6.07, 6.45) is 0. The Bertz CT molecular complexity index is 780. The first-order valence-electron chi connectivity index (χ1n) is 8.45. The maximum Gasteiger partial charge on any atom is 0.325 e. The van der Waals surface area contributed by atoms with Crippen molar-refractivity contribution in [2.75, 3.05) is 26.2 Å². The summed E-state index contributed by atoms with van der Waals surface area (Å²) in [5.74, 6) is -2.53. The summed E-state index contributed by atoms with van der Waals surface area (Å²) in [5, 5.41) is 9.32. The molecule has 144 valence electrons. The van der Waals surface area contributed by atoms with Crippen LogP contribution in [-0.2, 0) is 19.2 Å². The number of hydrogen-bond acceptors (Lipinski definition) is 6. The first-order chi connectivity index (χ1) is 12.9. The van der Waals surface area contributed by atoms with E-state index in [-0.39, 0.29) is 19.0 Å². The molecule has 0 radical (unpaired) electrons. The van der Waals surface area contributed by atoms with Gasteiger partial charge < -0.3 is 20.9 Å². The van der Waals surface area contributed by atoms with Crippen LogP contribution in [0.2, 0.25) is 0 Å². The van der Waals surface area contributed by atoms with E-state index in [4.69, 9.17) is 0 Å². The van der Waals surface area contributed by atoms with Crippen LogP contribution in [0.25, 0.3) is 0 Å². The fourth-order valence-electron chi connectivity index (χ4n) is 2.75. The van der Waals surface area contributed by atoms with Gasteiger partial charge in [0.1, 0.15) is 12.1 Å². The number of nitrogens with zero attached hydrogens (tertiary/aromatic N) is 2. The number of β-lactam (4-membered cyclic amide) rings is 1. The summed E-state index contributed by atoms with van der Waals surface area (Å²) in [7, 11) is 0. The number of thiophene rings is 1. The lowest BCUT2D eigenvalue weighted by Crippen LogP contribution is -2.63. The molecule has 11 heteroatoms. The molecule has 3 N–H and O–H groups in total. The highest BCUT2D eigenvalue weighted by Crippen LogP contribution is 2.20. The number of likely N-dealkylation sites (N-methyl/N-ethyl adjacent to an activating group) is 1. The highest BCUT2D eigenvalue weighted by atomic mass is 32.1. The highest BCUT2D eigenvalue weighted by molar-refractivity contribution is 7.10. The Morgan fingerprint density at radius 1 is 1.30 bits per heavy atom. The van der Waals surface area contributed by atoms with Crippen LogP contribution in [0.1, 0.15) is 17.8 Å². The molecule has 0 aromatic carbocycles. The van der Waals surface area contributed by atoms with E-state index < -0.39 is 35.8 Å². The normalized spacial score (nSPS) is 20.6. The van der Waals surface area contributed by atoms with Gasteiger partial charge in [-0.15, -0.1) is 11.3 Å². The van der Waals surface area contributed by atoms with Gasteiger partial charge >= 0.3 is 17.8 Å². The minimum Gasteiger partial charge on any atom is -0.352 e. The van der Waals surface area contributed by atoms with Gasteiger partial charge in [-0.1, -0.05) is 6.07 Å². The van der Waals surface area contributed by atoms with Crippen LogP contribution in [-0.4, -0.2) is 71.7 Å². The molecular weight excluding hydrogens is 374 g/mol. The molecule has 1 unspecified atom stereocenters. The summed E-state index contributed by atoms with van der Waals surface area (Å²) in [6, 6.07) is 0.844. The third-order valence-corrected chi connectivity index (χ3v) is 5.34. The van der Waals surface area contributed by atoms with E-state index in [9.17, 15) is 24.0 Å². The summed E-state index contributed by atoms with van der Waals surface area (Å²) in [4.78, 5) is 63.4. The van der Waals surface area contributed by atoms with Crippen LogP contribution in [0, 0.1) is 0 Å². The zero-order chi connectivity index (χ0) is 19.6. The zero-order valence-electron chi connectivity index (χ0n) is 14.6. The molecule has 6 amide bonds. The predicted molar refractivity (Wildman–Crippen MR) is 94.5 cm³/mol. The van der Waals surface area contributed by atoms with Gasteiger partial charge in [-0.2, -0.15) is 0 Å². The van der Waals surface area contributed by atoms with Crippen molar-refractivity contribution in [3.05, 3.63) is 22.4 Å². The summed E-state index contributed by atoms with van der Waals surface area (Å²) >= 11 is 1.25. The number of piperazine rings is 1. The Labute approximate surface area is 158 Å². The summed E-state index contributed by atoms with van der Waals surface area (Å²) < 4.78 is 0. The van der Waals surface area contributed by atoms with Crippen LogP contribution < -0.4 is 16.0 Å². The van der Waals surface area contributed by atoms with Crippen molar-refractivity contribution < 1.29 is 24.0 Å². The third-order valence-electron chi connectivity index (χ3n) is 4.41. The van der Waals surface area contributed by atoms with Crippen molar-refractivity contribution in [2.45, 2.75) is 19.0 Å². The number of amides is 6. The molecule has 3 rings (SSSR count). The van der Waals surface area contributed by atoms with E-state index >= 15 is 0 Å². The van der Waals surface area contributed by atoms with Gasteiger partial charge in [0.05, 0.1) is 0 Å². The van der Waals surface area contributed by atoms with Gasteiger partial charge in [0, 0.05) is 31.1 Å². The van der Waals surface area contributed by atoms with Crippen LogP contribution in [0.3, 0.4) is 0 Å². The van der Waals surface area contributed by atoms with Crippen LogP contribution in [0.4, 0.5) is 4.79 Å². The van der Waals surface area contributed by atoms with Gasteiger partial charge in [0.2, 0.25) is 11.8 Å². The molecule has 2 aliphatic rings. The fraction of sp³-hybridized carbons (Fsp3) is 0.438. The van der Waals surface area contributed by atoms with Crippen LogP contribution >= 0.6 is 11.3 Å². The second-order valence-corrected chi connectivity index (χ2v) is 7.03. The minimum absolute atomic E-state index is 0.0497. The Morgan fingerprint density at radius 3 is 2.63 bits per heavy atom.